The minimum absolute atomic E-state index is 0.192. The van der Waals surface area contributed by atoms with E-state index in [1.807, 2.05) is 29.6 Å². The Bertz CT molecular complexity index is 708. The summed E-state index contributed by atoms with van der Waals surface area (Å²) in [7, 11) is 1.67. The van der Waals surface area contributed by atoms with Gasteiger partial charge in [-0.2, -0.15) is 5.26 Å². The van der Waals surface area contributed by atoms with E-state index in [2.05, 4.69) is 16.4 Å². The summed E-state index contributed by atoms with van der Waals surface area (Å²) in [5.74, 6) is -0.192. The van der Waals surface area contributed by atoms with Crippen molar-refractivity contribution >= 4 is 29.0 Å². The van der Waals surface area contributed by atoms with Gasteiger partial charge in [0.05, 0.1) is 24.2 Å². The quantitative estimate of drug-likeness (QED) is 0.894. The lowest BCUT2D eigenvalue weighted by atomic mass is 10.2. The molecule has 0 aliphatic rings. The summed E-state index contributed by atoms with van der Waals surface area (Å²) in [4.78, 5) is 18.0. The zero-order valence-electron chi connectivity index (χ0n) is 12.9. The number of rotatable bonds is 5. The Morgan fingerprint density at radius 3 is 2.83 bits per heavy atom. The molecule has 1 aromatic carbocycles. The molecule has 2 amide bonds. The normalized spacial score (nSPS) is 11.6. The van der Waals surface area contributed by atoms with Gasteiger partial charge in [0.25, 0.3) is 0 Å². The van der Waals surface area contributed by atoms with E-state index in [-0.39, 0.29) is 11.9 Å². The number of nitriles is 1. The van der Waals surface area contributed by atoms with Gasteiger partial charge in [0.2, 0.25) is 0 Å². The summed E-state index contributed by atoms with van der Waals surface area (Å²) in [5, 5.41) is 15.0. The Hall–Kier alpha value is -2.10. The van der Waals surface area contributed by atoms with Gasteiger partial charge >= 0.3 is 6.03 Å². The summed E-state index contributed by atoms with van der Waals surface area (Å²) in [6.07, 6.45) is 0. The second kappa shape index (κ2) is 7.95. The predicted octanol–water partition coefficient (Wildman–Crippen LogP) is 3.76. The smallest absolute Gasteiger partial charge is 0.317 e. The largest absolute Gasteiger partial charge is 0.331 e. The maximum Gasteiger partial charge on any atom is 0.317 e. The number of nitrogens with zero attached hydrogens (tertiary/aromatic N) is 3. The molecule has 0 aliphatic heterocycles. The average molecular weight is 349 g/mol. The first-order valence-electron chi connectivity index (χ1n) is 7.08. The third kappa shape index (κ3) is 4.95. The molecule has 120 valence electrons. The van der Waals surface area contributed by atoms with Crippen LogP contribution in [0.4, 0.5) is 4.79 Å². The van der Waals surface area contributed by atoms with Crippen molar-refractivity contribution < 1.29 is 4.79 Å². The van der Waals surface area contributed by atoms with Crippen molar-refractivity contribution in [3.05, 3.63) is 39.7 Å². The van der Waals surface area contributed by atoms with E-state index >= 15 is 0 Å². The molecule has 0 aliphatic carbocycles. The van der Waals surface area contributed by atoms with Crippen molar-refractivity contribution in [2.75, 3.05) is 13.6 Å². The zero-order valence-corrected chi connectivity index (χ0v) is 14.5. The first-order chi connectivity index (χ1) is 11.0. The highest BCUT2D eigenvalue weighted by Gasteiger charge is 2.12. The van der Waals surface area contributed by atoms with Crippen molar-refractivity contribution in [2.24, 2.45) is 5.92 Å². The van der Waals surface area contributed by atoms with Gasteiger partial charge < -0.3 is 10.2 Å². The standard InChI is InChI=1S/C16H17ClN4OS/c1-11(7-18)9-21(2)16(22)19-8-15-20-14(10-23-15)12-3-5-13(17)6-4-12/h3-6,10-11H,8-9H2,1-2H3,(H,19,22)/t11-/m0/s1. The molecular weight excluding hydrogens is 332 g/mol. The van der Waals surface area contributed by atoms with E-state index < -0.39 is 0 Å². The number of halogens is 1. The monoisotopic (exact) mass is 348 g/mol. The van der Waals surface area contributed by atoms with E-state index in [1.54, 1.807) is 14.0 Å². The number of thiazole rings is 1. The van der Waals surface area contributed by atoms with E-state index in [0.29, 0.717) is 18.1 Å². The summed E-state index contributed by atoms with van der Waals surface area (Å²) in [5.41, 5.74) is 1.85. The van der Waals surface area contributed by atoms with Crippen molar-refractivity contribution in [3.63, 3.8) is 0 Å². The van der Waals surface area contributed by atoms with Crippen LogP contribution in [-0.4, -0.2) is 29.5 Å². The molecule has 1 atom stereocenters. The first kappa shape index (κ1) is 17.3. The summed E-state index contributed by atoms with van der Waals surface area (Å²) in [6, 6.07) is 9.37. The maximum absolute atomic E-state index is 11.9. The fraction of sp³-hybridized carbons (Fsp3) is 0.312. The lowest BCUT2D eigenvalue weighted by Gasteiger charge is -2.18. The van der Waals surface area contributed by atoms with Gasteiger partial charge in [0.15, 0.2) is 0 Å². The summed E-state index contributed by atoms with van der Waals surface area (Å²) >= 11 is 7.37. The van der Waals surface area contributed by atoms with Crippen LogP contribution < -0.4 is 5.32 Å². The molecule has 2 aromatic rings. The molecule has 0 fully saturated rings. The van der Waals surface area contributed by atoms with Gasteiger partial charge in [-0.25, -0.2) is 9.78 Å². The average Bonchev–Trinajstić information content (AvgIpc) is 3.02. The summed E-state index contributed by atoms with van der Waals surface area (Å²) in [6.45, 7) is 2.54. The molecule has 0 bridgehead atoms. The number of aromatic nitrogens is 1. The highest BCUT2D eigenvalue weighted by atomic mass is 35.5. The van der Waals surface area contributed by atoms with Crippen LogP contribution in [0.2, 0.25) is 5.02 Å². The number of hydrogen-bond donors (Lipinski definition) is 1. The Morgan fingerprint density at radius 1 is 1.48 bits per heavy atom. The van der Waals surface area contributed by atoms with Crippen LogP contribution in [0.3, 0.4) is 0 Å². The van der Waals surface area contributed by atoms with Gasteiger partial charge in [0.1, 0.15) is 5.01 Å². The SMILES string of the molecule is C[C@@H](C#N)CN(C)C(=O)NCc1nc(-c2ccc(Cl)cc2)cs1. The van der Waals surface area contributed by atoms with Crippen molar-refractivity contribution in [2.45, 2.75) is 13.5 Å². The number of benzene rings is 1. The molecule has 1 aromatic heterocycles. The fourth-order valence-corrected chi connectivity index (χ4v) is 2.84. The lowest BCUT2D eigenvalue weighted by molar-refractivity contribution is 0.205. The van der Waals surface area contributed by atoms with E-state index in [4.69, 9.17) is 16.9 Å². The van der Waals surface area contributed by atoms with Crippen LogP contribution in [0.15, 0.2) is 29.6 Å². The third-order valence-electron chi connectivity index (χ3n) is 3.20. The minimum Gasteiger partial charge on any atom is -0.331 e. The van der Waals surface area contributed by atoms with E-state index in [1.165, 1.54) is 16.2 Å². The second-order valence-electron chi connectivity index (χ2n) is 5.20. The molecule has 0 radical (unpaired) electrons. The van der Waals surface area contributed by atoms with Crippen LogP contribution in [-0.2, 0) is 6.54 Å². The number of urea groups is 1. The second-order valence-corrected chi connectivity index (χ2v) is 6.58. The van der Waals surface area contributed by atoms with Gasteiger partial charge in [-0.05, 0) is 19.1 Å². The molecule has 0 saturated carbocycles. The van der Waals surface area contributed by atoms with Crippen molar-refractivity contribution in [1.29, 1.82) is 5.26 Å². The molecule has 0 unspecified atom stereocenters. The minimum atomic E-state index is -0.213. The Balaban J connectivity index is 1.91. The molecule has 23 heavy (non-hydrogen) atoms. The molecule has 0 spiro atoms. The van der Waals surface area contributed by atoms with Gasteiger partial charge in [-0.3, -0.25) is 0 Å². The number of carbonyl (C=O) groups excluding carboxylic acids is 1. The number of nitrogens with one attached hydrogen (secondary N) is 1. The lowest BCUT2D eigenvalue weighted by Crippen LogP contribution is -2.38. The number of carbonyl (C=O) groups is 1. The Kier molecular flexibility index (Phi) is 5.97. The Morgan fingerprint density at radius 2 is 2.17 bits per heavy atom. The molecule has 1 N–H and O–H groups in total. The van der Waals surface area contributed by atoms with Crippen LogP contribution in [0.25, 0.3) is 11.3 Å². The predicted molar refractivity (Wildman–Crippen MR) is 92.2 cm³/mol. The fourth-order valence-electron chi connectivity index (χ4n) is 1.97. The highest BCUT2D eigenvalue weighted by Crippen LogP contribution is 2.23. The van der Waals surface area contributed by atoms with Gasteiger partial charge in [-0.15, -0.1) is 11.3 Å². The first-order valence-corrected chi connectivity index (χ1v) is 8.34. The number of hydrogen-bond acceptors (Lipinski definition) is 4. The summed E-state index contributed by atoms with van der Waals surface area (Å²) < 4.78 is 0. The maximum atomic E-state index is 11.9. The third-order valence-corrected chi connectivity index (χ3v) is 4.30. The molecule has 7 heteroatoms. The van der Waals surface area contributed by atoms with Crippen LogP contribution in [0.5, 0.6) is 0 Å². The van der Waals surface area contributed by atoms with Crippen molar-refractivity contribution in [3.8, 4) is 17.3 Å². The highest BCUT2D eigenvalue weighted by molar-refractivity contribution is 7.09. The topological polar surface area (TPSA) is 69.0 Å². The number of amides is 2. The van der Waals surface area contributed by atoms with Gasteiger partial charge in [0, 0.05) is 29.6 Å². The molecule has 1 heterocycles. The zero-order chi connectivity index (χ0) is 16.8. The Labute approximate surface area is 144 Å². The molecule has 5 nitrogen and oxygen atoms in total. The molecule has 0 saturated heterocycles. The van der Waals surface area contributed by atoms with Crippen molar-refractivity contribution in [1.82, 2.24) is 15.2 Å². The van der Waals surface area contributed by atoms with Crippen LogP contribution in [0.1, 0.15) is 11.9 Å². The molecule has 2 rings (SSSR count). The molecular formula is C16H17ClN4OS. The van der Waals surface area contributed by atoms with Crippen LogP contribution >= 0.6 is 22.9 Å². The van der Waals surface area contributed by atoms with E-state index in [9.17, 15) is 4.79 Å². The van der Waals surface area contributed by atoms with Gasteiger partial charge in [-0.1, -0.05) is 23.7 Å². The van der Waals surface area contributed by atoms with E-state index in [0.717, 1.165) is 16.3 Å². The van der Waals surface area contributed by atoms with Crippen LogP contribution in [0, 0.1) is 17.2 Å².